The molecule has 2 aliphatic rings. The molecule has 2 bridgehead atoms. The Hall–Kier alpha value is -4.54. The minimum atomic E-state index is 0.674. The molecule has 4 heteroatoms. The van der Waals surface area contributed by atoms with E-state index in [1.807, 2.05) is 47.9 Å². The Balaban J connectivity index is 1.50. The van der Waals surface area contributed by atoms with E-state index in [2.05, 4.69) is 90.4 Å². The monoisotopic (exact) mass is 493 g/mol. The molecule has 3 heterocycles. The highest BCUT2D eigenvalue weighted by atomic mass is 32.1. The van der Waals surface area contributed by atoms with E-state index in [0.717, 1.165) is 34.6 Å². The summed E-state index contributed by atoms with van der Waals surface area (Å²) in [6.07, 6.45) is 15.3. The molecule has 0 atom stereocenters. The quantitative estimate of drug-likeness (QED) is 0.246. The number of anilines is 2. The van der Waals surface area contributed by atoms with Crippen LogP contribution in [-0.4, -0.2) is 9.97 Å². The average molecular weight is 494 g/mol. The normalized spacial score (nSPS) is 19.6. The molecule has 3 aromatic carbocycles. The van der Waals surface area contributed by atoms with Gasteiger partial charge in [-0.25, -0.2) is 9.97 Å². The van der Waals surface area contributed by atoms with Crippen molar-refractivity contribution in [3.63, 3.8) is 0 Å². The minimum absolute atomic E-state index is 0.674. The maximum Gasteiger partial charge on any atom is 0.234 e. The Morgan fingerprint density at radius 3 is 2.51 bits per heavy atom. The molecule has 3 nitrogen and oxygen atoms in total. The van der Waals surface area contributed by atoms with Gasteiger partial charge in [-0.3, -0.25) is 4.90 Å². The first-order valence-corrected chi connectivity index (χ1v) is 13.1. The lowest BCUT2D eigenvalue weighted by Gasteiger charge is -2.34. The molecule has 0 N–H and O–H groups in total. The summed E-state index contributed by atoms with van der Waals surface area (Å²) in [4.78, 5) is 12.0. The van der Waals surface area contributed by atoms with Crippen LogP contribution in [0.2, 0.25) is 0 Å². The van der Waals surface area contributed by atoms with Crippen LogP contribution in [0, 0.1) is 0 Å². The van der Waals surface area contributed by atoms with Crippen molar-refractivity contribution in [3.05, 3.63) is 139 Å². The Kier molecular flexibility index (Phi) is 5.19. The van der Waals surface area contributed by atoms with Crippen molar-refractivity contribution >= 4 is 48.7 Å². The summed E-state index contributed by atoms with van der Waals surface area (Å²) in [5.74, 6) is 0.674. The molecule has 7 rings (SSSR count). The smallest absolute Gasteiger partial charge is 0.234 e. The number of fused-ring (bicyclic) bond motifs is 7. The minimum Gasteiger partial charge on any atom is -0.282 e. The molecule has 0 fully saturated rings. The molecule has 0 amide bonds. The standard InChI is InChI=1S/C33H23N3S/c1-22-9-7-13-24-19-25(14-8-10-22)36(33-34-18-17-29(35-33)23-11-3-2-4-12-23)30-21-32-28(20-27(24)30)26-15-5-6-16-31(26)37-32/h2-18,20-21H,1,19H2/b9-7-,10-8-,24-13+,25-14+. The third-order valence-electron chi connectivity index (χ3n) is 6.86. The highest BCUT2D eigenvalue weighted by Crippen LogP contribution is 2.47. The molecule has 176 valence electrons. The van der Waals surface area contributed by atoms with Crippen molar-refractivity contribution in [2.24, 2.45) is 0 Å². The topological polar surface area (TPSA) is 29.0 Å². The second-order valence-electron chi connectivity index (χ2n) is 9.23. The van der Waals surface area contributed by atoms with E-state index < -0.39 is 0 Å². The van der Waals surface area contributed by atoms with Crippen molar-refractivity contribution in [1.82, 2.24) is 9.97 Å². The average Bonchev–Trinajstić information content (AvgIpc) is 3.30. The molecule has 0 spiro atoms. The first-order chi connectivity index (χ1) is 18.2. The lowest BCUT2D eigenvalue weighted by atomic mass is 9.91. The van der Waals surface area contributed by atoms with E-state index in [0.29, 0.717) is 5.95 Å². The van der Waals surface area contributed by atoms with Gasteiger partial charge in [0.25, 0.3) is 0 Å². The van der Waals surface area contributed by atoms with Crippen LogP contribution in [0.25, 0.3) is 37.0 Å². The van der Waals surface area contributed by atoms with Crippen LogP contribution in [0.1, 0.15) is 12.0 Å². The Morgan fingerprint density at radius 1 is 0.811 bits per heavy atom. The highest BCUT2D eigenvalue weighted by molar-refractivity contribution is 7.25. The van der Waals surface area contributed by atoms with Gasteiger partial charge < -0.3 is 0 Å². The first-order valence-electron chi connectivity index (χ1n) is 12.3. The zero-order valence-electron chi connectivity index (χ0n) is 20.1. The van der Waals surface area contributed by atoms with E-state index in [9.17, 15) is 0 Å². The van der Waals surface area contributed by atoms with E-state index >= 15 is 0 Å². The predicted molar refractivity (Wildman–Crippen MR) is 157 cm³/mol. The molecule has 0 saturated heterocycles. The van der Waals surface area contributed by atoms with E-state index in [1.54, 1.807) is 0 Å². The molecule has 0 radical (unpaired) electrons. The van der Waals surface area contributed by atoms with Gasteiger partial charge in [-0.1, -0.05) is 85.5 Å². The van der Waals surface area contributed by atoms with Crippen molar-refractivity contribution in [1.29, 1.82) is 0 Å². The lowest BCUT2D eigenvalue weighted by molar-refractivity contribution is 0.980. The fraction of sp³-hybridized carbons (Fsp3) is 0.0303. The van der Waals surface area contributed by atoms with E-state index in [4.69, 9.17) is 9.97 Å². The van der Waals surface area contributed by atoms with Gasteiger partial charge in [-0.15, -0.1) is 11.3 Å². The maximum atomic E-state index is 5.05. The van der Waals surface area contributed by atoms with Gasteiger partial charge in [0.05, 0.1) is 11.4 Å². The van der Waals surface area contributed by atoms with E-state index in [-0.39, 0.29) is 0 Å². The van der Waals surface area contributed by atoms with Crippen LogP contribution in [0.15, 0.2) is 133 Å². The molecule has 1 aliphatic heterocycles. The van der Waals surface area contributed by atoms with Gasteiger partial charge in [-0.2, -0.15) is 0 Å². The summed E-state index contributed by atoms with van der Waals surface area (Å²) in [6, 6.07) is 25.6. The molecule has 0 saturated carbocycles. The maximum absolute atomic E-state index is 5.05. The summed E-state index contributed by atoms with van der Waals surface area (Å²) in [6.45, 7) is 4.15. The Labute approximate surface area is 219 Å². The van der Waals surface area contributed by atoms with Crippen LogP contribution in [0.3, 0.4) is 0 Å². The lowest BCUT2D eigenvalue weighted by Crippen LogP contribution is -2.24. The molecular formula is C33H23N3S. The summed E-state index contributed by atoms with van der Waals surface area (Å²) in [7, 11) is 0. The van der Waals surface area contributed by atoms with Crippen molar-refractivity contribution in [2.45, 2.75) is 6.42 Å². The van der Waals surface area contributed by atoms with Crippen molar-refractivity contribution < 1.29 is 0 Å². The van der Waals surface area contributed by atoms with Crippen molar-refractivity contribution in [2.75, 3.05) is 4.90 Å². The first kappa shape index (κ1) is 21.7. The number of hydrogen-bond acceptors (Lipinski definition) is 4. The number of allylic oxidation sites excluding steroid dienone is 8. The number of rotatable bonds is 2. The van der Waals surface area contributed by atoms with Crippen LogP contribution in [0.5, 0.6) is 0 Å². The third kappa shape index (κ3) is 3.83. The Morgan fingerprint density at radius 2 is 1.62 bits per heavy atom. The third-order valence-corrected chi connectivity index (χ3v) is 7.99. The SMILES string of the molecule is C=C1/C=C\C=C2/C/C(=C\C=C/1)N(c1nccc(-c3ccccc3)n1)c1cc3sc4ccccc4c3cc12. The fourth-order valence-electron chi connectivity index (χ4n) is 5.10. The van der Waals surface area contributed by atoms with Gasteiger partial charge in [0, 0.05) is 49.6 Å². The van der Waals surface area contributed by atoms with Crippen LogP contribution in [0.4, 0.5) is 11.6 Å². The van der Waals surface area contributed by atoms with Crippen LogP contribution >= 0.6 is 11.3 Å². The van der Waals surface area contributed by atoms with Gasteiger partial charge in [0.15, 0.2) is 0 Å². The second-order valence-corrected chi connectivity index (χ2v) is 10.3. The fourth-order valence-corrected chi connectivity index (χ4v) is 6.22. The zero-order valence-corrected chi connectivity index (χ0v) is 21.0. The largest absolute Gasteiger partial charge is 0.282 e. The van der Waals surface area contributed by atoms with Gasteiger partial charge in [0.1, 0.15) is 0 Å². The predicted octanol–water partition coefficient (Wildman–Crippen LogP) is 9.00. The molecule has 1 aliphatic carbocycles. The number of benzene rings is 3. The molecular weight excluding hydrogens is 470 g/mol. The Bertz CT molecular complexity index is 1820. The highest BCUT2D eigenvalue weighted by Gasteiger charge is 2.29. The molecule has 2 aromatic heterocycles. The van der Waals surface area contributed by atoms with Gasteiger partial charge in [0.2, 0.25) is 5.95 Å². The van der Waals surface area contributed by atoms with Crippen molar-refractivity contribution in [3.8, 4) is 11.3 Å². The summed E-state index contributed by atoms with van der Waals surface area (Å²) in [5.41, 5.74) is 7.66. The summed E-state index contributed by atoms with van der Waals surface area (Å²) >= 11 is 1.83. The number of thiophene rings is 1. The van der Waals surface area contributed by atoms with Crippen LogP contribution < -0.4 is 4.90 Å². The summed E-state index contributed by atoms with van der Waals surface area (Å²) in [5, 5.41) is 2.59. The molecule has 37 heavy (non-hydrogen) atoms. The van der Waals surface area contributed by atoms with Crippen LogP contribution in [-0.2, 0) is 0 Å². The summed E-state index contributed by atoms with van der Waals surface area (Å²) < 4.78 is 2.56. The second kappa shape index (κ2) is 8.84. The van der Waals surface area contributed by atoms with Gasteiger partial charge >= 0.3 is 0 Å². The molecule has 5 aromatic rings. The van der Waals surface area contributed by atoms with Gasteiger partial charge in [-0.05, 0) is 41.5 Å². The number of hydrogen-bond donors (Lipinski definition) is 0. The zero-order chi connectivity index (χ0) is 24.8. The number of aromatic nitrogens is 2. The molecule has 0 unspecified atom stereocenters. The van der Waals surface area contributed by atoms with E-state index in [1.165, 1.54) is 31.3 Å². The number of nitrogens with zero attached hydrogens (tertiary/aromatic N) is 3.